The van der Waals surface area contributed by atoms with Crippen molar-refractivity contribution in [2.75, 3.05) is 6.61 Å². The first-order chi connectivity index (χ1) is 8.15. The molecule has 17 heavy (non-hydrogen) atoms. The molecule has 1 unspecified atom stereocenters. The highest BCUT2D eigenvalue weighted by molar-refractivity contribution is 6.30. The van der Waals surface area contributed by atoms with E-state index in [1.807, 2.05) is 13.8 Å². The van der Waals surface area contributed by atoms with E-state index in [0.717, 1.165) is 0 Å². The number of hydrogen-bond acceptors (Lipinski definition) is 2. The van der Waals surface area contributed by atoms with Crippen LogP contribution in [0.1, 0.15) is 25.5 Å². The first-order valence-electron chi connectivity index (χ1n) is 5.18. The highest BCUT2D eigenvalue weighted by Gasteiger charge is 2.19. The molecule has 0 bridgehead atoms. The van der Waals surface area contributed by atoms with Crippen LogP contribution in [0.5, 0.6) is 0 Å². The van der Waals surface area contributed by atoms with E-state index in [9.17, 15) is 4.79 Å². The van der Waals surface area contributed by atoms with E-state index in [2.05, 4.69) is 5.92 Å². The zero-order valence-corrected chi connectivity index (χ0v) is 10.6. The molecule has 0 spiro atoms. The Morgan fingerprint density at radius 1 is 1.47 bits per heavy atom. The number of benzene rings is 1. The van der Waals surface area contributed by atoms with E-state index in [0.29, 0.717) is 10.6 Å². The fourth-order valence-corrected chi connectivity index (χ4v) is 1.21. The number of carbonyl (C=O) groups is 1. The molecule has 0 heterocycles. The summed E-state index contributed by atoms with van der Waals surface area (Å²) in [5.41, 5.74) is 0.516. The van der Waals surface area contributed by atoms with E-state index in [1.165, 1.54) is 0 Å². The van der Waals surface area contributed by atoms with Crippen molar-refractivity contribution in [2.24, 2.45) is 0 Å². The Labute approximate surface area is 106 Å². The second-order valence-electron chi connectivity index (χ2n) is 2.78. The van der Waals surface area contributed by atoms with Gasteiger partial charge in [-0.25, -0.2) is 4.79 Å². The second-order valence-corrected chi connectivity index (χ2v) is 3.22. The molecule has 92 valence electrons. The standard InChI is InChI=1S/C11H9ClO3.C2H6/c1-2-7-15-10(11(13)14)8-3-5-9(12)6-4-8;1-2/h1,3-6,10H,7H2,(H,13,14);1-2H3. The summed E-state index contributed by atoms with van der Waals surface area (Å²) < 4.78 is 5.00. The molecule has 0 aliphatic rings. The molecular weight excluding hydrogens is 240 g/mol. The van der Waals surface area contributed by atoms with Gasteiger partial charge in [-0.3, -0.25) is 0 Å². The normalized spacial score (nSPS) is 10.7. The van der Waals surface area contributed by atoms with Crippen LogP contribution in [-0.2, 0) is 9.53 Å². The molecule has 0 aliphatic carbocycles. The number of hydrogen-bond donors (Lipinski definition) is 1. The molecular formula is C13H15ClO3. The van der Waals surface area contributed by atoms with Crippen LogP contribution in [0.2, 0.25) is 5.02 Å². The van der Waals surface area contributed by atoms with Crippen LogP contribution in [0, 0.1) is 12.3 Å². The fraction of sp³-hybridized carbons (Fsp3) is 0.308. The number of terminal acetylenes is 1. The number of carboxylic acid groups (broad SMARTS) is 1. The van der Waals surface area contributed by atoms with Gasteiger partial charge in [-0.15, -0.1) is 6.42 Å². The third-order valence-electron chi connectivity index (χ3n) is 1.73. The number of carboxylic acids is 1. The van der Waals surface area contributed by atoms with E-state index < -0.39 is 12.1 Å². The minimum Gasteiger partial charge on any atom is -0.479 e. The van der Waals surface area contributed by atoms with Crippen LogP contribution in [-0.4, -0.2) is 17.7 Å². The molecule has 0 aromatic heterocycles. The van der Waals surface area contributed by atoms with Crippen molar-refractivity contribution in [1.82, 2.24) is 0 Å². The Morgan fingerprint density at radius 3 is 2.41 bits per heavy atom. The highest BCUT2D eigenvalue weighted by atomic mass is 35.5. The maximum Gasteiger partial charge on any atom is 0.337 e. The molecule has 0 amide bonds. The van der Waals surface area contributed by atoms with E-state index in [-0.39, 0.29) is 6.61 Å². The third kappa shape index (κ3) is 5.39. The van der Waals surface area contributed by atoms with Gasteiger partial charge in [-0.2, -0.15) is 0 Å². The Bertz CT molecular complexity index is 379. The van der Waals surface area contributed by atoms with Crippen LogP contribution in [0.25, 0.3) is 0 Å². The zero-order chi connectivity index (χ0) is 13.3. The van der Waals surface area contributed by atoms with Crippen LogP contribution < -0.4 is 0 Å². The molecule has 1 aromatic carbocycles. The van der Waals surface area contributed by atoms with Gasteiger partial charge in [0.2, 0.25) is 0 Å². The van der Waals surface area contributed by atoms with Crippen molar-refractivity contribution >= 4 is 17.6 Å². The molecule has 0 saturated carbocycles. The average Bonchev–Trinajstić information content (AvgIpc) is 2.34. The summed E-state index contributed by atoms with van der Waals surface area (Å²) in [7, 11) is 0. The first kappa shape index (κ1) is 15.5. The first-order valence-corrected chi connectivity index (χ1v) is 5.56. The van der Waals surface area contributed by atoms with E-state index >= 15 is 0 Å². The summed E-state index contributed by atoms with van der Waals surface area (Å²) in [6.45, 7) is 3.96. The Hall–Kier alpha value is -1.50. The maximum atomic E-state index is 10.9. The van der Waals surface area contributed by atoms with Crippen molar-refractivity contribution in [3.8, 4) is 12.3 Å². The van der Waals surface area contributed by atoms with Gasteiger partial charge in [0.15, 0.2) is 6.10 Å². The van der Waals surface area contributed by atoms with Crippen molar-refractivity contribution in [1.29, 1.82) is 0 Å². The lowest BCUT2D eigenvalue weighted by Crippen LogP contribution is -2.15. The molecule has 1 rings (SSSR count). The largest absolute Gasteiger partial charge is 0.479 e. The van der Waals surface area contributed by atoms with Crippen LogP contribution in [0.3, 0.4) is 0 Å². The minimum absolute atomic E-state index is 0.0421. The number of halogens is 1. The molecule has 0 fully saturated rings. The Balaban J connectivity index is 0.00000121. The number of aliphatic carboxylic acids is 1. The molecule has 1 N–H and O–H groups in total. The minimum atomic E-state index is -1.08. The maximum absolute atomic E-state index is 10.9. The number of ether oxygens (including phenoxy) is 1. The summed E-state index contributed by atoms with van der Waals surface area (Å²) in [6.07, 6.45) is 3.95. The van der Waals surface area contributed by atoms with Crippen molar-refractivity contribution in [2.45, 2.75) is 20.0 Å². The third-order valence-corrected chi connectivity index (χ3v) is 1.98. The lowest BCUT2D eigenvalue weighted by atomic mass is 10.1. The molecule has 0 saturated heterocycles. The molecule has 1 atom stereocenters. The van der Waals surface area contributed by atoms with Gasteiger partial charge in [-0.05, 0) is 17.7 Å². The second kappa shape index (κ2) is 8.63. The van der Waals surface area contributed by atoms with E-state index in [1.54, 1.807) is 24.3 Å². The van der Waals surface area contributed by atoms with Crippen molar-refractivity contribution < 1.29 is 14.6 Å². The smallest absolute Gasteiger partial charge is 0.337 e. The van der Waals surface area contributed by atoms with Crippen molar-refractivity contribution in [3.05, 3.63) is 34.9 Å². The molecule has 0 aliphatic heterocycles. The monoisotopic (exact) mass is 254 g/mol. The molecule has 3 nitrogen and oxygen atoms in total. The molecule has 0 radical (unpaired) electrons. The molecule has 1 aromatic rings. The lowest BCUT2D eigenvalue weighted by molar-refractivity contribution is -0.149. The van der Waals surface area contributed by atoms with Crippen LogP contribution in [0.4, 0.5) is 0 Å². The van der Waals surface area contributed by atoms with E-state index in [4.69, 9.17) is 27.9 Å². The summed E-state index contributed by atoms with van der Waals surface area (Å²) in [4.78, 5) is 10.9. The highest BCUT2D eigenvalue weighted by Crippen LogP contribution is 2.19. The quantitative estimate of drug-likeness (QED) is 0.840. The Morgan fingerprint density at radius 2 is 2.00 bits per heavy atom. The van der Waals surface area contributed by atoms with Gasteiger partial charge >= 0.3 is 5.97 Å². The van der Waals surface area contributed by atoms with Crippen LogP contribution >= 0.6 is 11.6 Å². The zero-order valence-electron chi connectivity index (χ0n) is 9.81. The van der Waals surface area contributed by atoms with Gasteiger partial charge in [0.05, 0.1) is 0 Å². The van der Waals surface area contributed by atoms with Crippen molar-refractivity contribution in [3.63, 3.8) is 0 Å². The topological polar surface area (TPSA) is 46.5 Å². The summed E-state index contributed by atoms with van der Waals surface area (Å²) >= 11 is 5.68. The van der Waals surface area contributed by atoms with Gasteiger partial charge < -0.3 is 9.84 Å². The lowest BCUT2D eigenvalue weighted by Gasteiger charge is -2.11. The van der Waals surface area contributed by atoms with Gasteiger partial charge in [0.25, 0.3) is 0 Å². The predicted octanol–water partition coefficient (Wildman–Crippen LogP) is 3.14. The average molecular weight is 255 g/mol. The summed E-state index contributed by atoms with van der Waals surface area (Å²) in [5, 5.41) is 9.44. The summed E-state index contributed by atoms with van der Waals surface area (Å²) in [5.74, 6) is 1.15. The van der Waals surface area contributed by atoms with Gasteiger partial charge in [-0.1, -0.05) is 43.5 Å². The Kier molecular flexibility index (Phi) is 7.87. The molecule has 4 heteroatoms. The van der Waals surface area contributed by atoms with Gasteiger partial charge in [0, 0.05) is 5.02 Å². The number of rotatable bonds is 4. The predicted molar refractivity (Wildman–Crippen MR) is 68.0 cm³/mol. The SMILES string of the molecule is C#CCOC(C(=O)O)c1ccc(Cl)cc1.CC. The summed E-state index contributed by atoms with van der Waals surface area (Å²) in [6, 6.07) is 6.40. The van der Waals surface area contributed by atoms with Gasteiger partial charge in [0.1, 0.15) is 6.61 Å². The fourth-order valence-electron chi connectivity index (χ4n) is 1.08. The van der Waals surface area contributed by atoms with Crippen LogP contribution in [0.15, 0.2) is 24.3 Å².